The van der Waals surface area contributed by atoms with E-state index in [9.17, 15) is 9.59 Å². The molecule has 2 N–H and O–H groups in total. The Labute approximate surface area is 111 Å². The van der Waals surface area contributed by atoms with E-state index in [1.807, 2.05) is 12.1 Å². The molecule has 0 aliphatic heterocycles. The minimum atomic E-state index is -0.868. The van der Waals surface area contributed by atoms with Crippen LogP contribution in [0.4, 0.5) is 0 Å². The molecule has 1 aliphatic rings. The maximum absolute atomic E-state index is 11.5. The van der Waals surface area contributed by atoms with E-state index in [2.05, 4.69) is 21.2 Å². The molecule has 1 heterocycles. The summed E-state index contributed by atoms with van der Waals surface area (Å²) in [6, 6.07) is 3.99. The molecule has 1 aromatic heterocycles. The van der Waals surface area contributed by atoms with Crippen LogP contribution < -0.4 is 5.32 Å². The quantitative estimate of drug-likeness (QED) is 0.871. The van der Waals surface area contributed by atoms with Crippen molar-refractivity contribution >= 4 is 39.1 Å². The smallest absolute Gasteiger partial charge is 0.307 e. The Bertz CT molecular complexity index is 446. The molecule has 0 radical (unpaired) electrons. The lowest BCUT2D eigenvalue weighted by Gasteiger charge is -2.02. The van der Waals surface area contributed by atoms with Gasteiger partial charge in [-0.2, -0.15) is 0 Å². The Morgan fingerprint density at radius 2 is 2.24 bits per heavy atom. The molecule has 1 amide bonds. The number of thiophene rings is 1. The summed E-state index contributed by atoms with van der Waals surface area (Å²) in [5, 5.41) is 11.5. The molecule has 4 nitrogen and oxygen atoms in total. The molecular formula is C11H12BrNO3S. The lowest BCUT2D eigenvalue weighted by atomic mass is 10.3. The van der Waals surface area contributed by atoms with Gasteiger partial charge in [-0.05, 0) is 40.9 Å². The predicted molar refractivity (Wildman–Crippen MR) is 68.0 cm³/mol. The third-order valence-corrected chi connectivity index (χ3v) is 4.43. The van der Waals surface area contributed by atoms with Crippen LogP contribution in [0, 0.1) is 11.8 Å². The molecule has 0 unspecified atom stereocenters. The molecule has 0 aromatic carbocycles. The zero-order chi connectivity index (χ0) is 12.4. The number of rotatable bonds is 5. The Balaban J connectivity index is 1.69. The van der Waals surface area contributed by atoms with E-state index in [1.54, 1.807) is 11.3 Å². The van der Waals surface area contributed by atoms with Crippen molar-refractivity contribution in [2.45, 2.75) is 12.8 Å². The van der Waals surface area contributed by atoms with Crippen molar-refractivity contribution in [3.63, 3.8) is 0 Å². The second kappa shape index (κ2) is 5.18. The summed E-state index contributed by atoms with van der Waals surface area (Å²) in [5.41, 5.74) is 0. The summed E-state index contributed by atoms with van der Waals surface area (Å²) in [5.74, 6) is -1.78. The van der Waals surface area contributed by atoms with Crippen molar-refractivity contribution in [2.24, 2.45) is 11.8 Å². The Morgan fingerprint density at radius 1 is 1.47 bits per heavy atom. The van der Waals surface area contributed by atoms with Crippen LogP contribution in [0.1, 0.15) is 11.3 Å². The van der Waals surface area contributed by atoms with Gasteiger partial charge in [-0.25, -0.2) is 0 Å². The lowest BCUT2D eigenvalue weighted by Crippen LogP contribution is -2.28. The van der Waals surface area contributed by atoms with Gasteiger partial charge in [0.15, 0.2) is 0 Å². The van der Waals surface area contributed by atoms with Crippen molar-refractivity contribution in [2.75, 3.05) is 6.54 Å². The fourth-order valence-corrected chi connectivity index (χ4v) is 3.17. The minimum Gasteiger partial charge on any atom is -0.481 e. The third-order valence-electron chi connectivity index (χ3n) is 2.74. The number of hydrogen-bond donors (Lipinski definition) is 2. The topological polar surface area (TPSA) is 66.4 Å². The fraction of sp³-hybridized carbons (Fsp3) is 0.455. The van der Waals surface area contributed by atoms with Crippen molar-refractivity contribution in [3.8, 4) is 0 Å². The van der Waals surface area contributed by atoms with Crippen LogP contribution in [-0.4, -0.2) is 23.5 Å². The van der Waals surface area contributed by atoms with E-state index >= 15 is 0 Å². The van der Waals surface area contributed by atoms with Gasteiger partial charge < -0.3 is 10.4 Å². The van der Waals surface area contributed by atoms with Gasteiger partial charge in [-0.3, -0.25) is 9.59 Å². The Morgan fingerprint density at radius 3 is 2.76 bits per heavy atom. The highest BCUT2D eigenvalue weighted by Crippen LogP contribution is 2.38. The SMILES string of the molecule is O=C(O)[C@H]1C[C@H]1C(=O)NCCc1ccc(Br)s1. The van der Waals surface area contributed by atoms with Crippen LogP contribution in [0.2, 0.25) is 0 Å². The summed E-state index contributed by atoms with van der Waals surface area (Å²) in [7, 11) is 0. The first kappa shape index (κ1) is 12.6. The molecule has 1 aromatic rings. The molecule has 17 heavy (non-hydrogen) atoms. The summed E-state index contributed by atoms with van der Waals surface area (Å²) in [6.45, 7) is 0.564. The molecule has 1 fully saturated rings. The molecule has 1 aliphatic carbocycles. The Hall–Kier alpha value is -0.880. The second-order valence-corrected chi connectivity index (χ2v) is 6.58. The van der Waals surface area contributed by atoms with E-state index in [1.165, 1.54) is 4.88 Å². The number of aliphatic carboxylic acids is 1. The minimum absolute atomic E-state index is 0.131. The maximum Gasteiger partial charge on any atom is 0.307 e. The molecule has 2 rings (SSSR count). The number of nitrogens with one attached hydrogen (secondary N) is 1. The van der Waals surface area contributed by atoms with Gasteiger partial charge in [0.05, 0.1) is 15.6 Å². The number of hydrogen-bond acceptors (Lipinski definition) is 3. The summed E-state index contributed by atoms with van der Waals surface area (Å²) < 4.78 is 1.08. The van der Waals surface area contributed by atoms with Crippen LogP contribution in [0.15, 0.2) is 15.9 Å². The first-order valence-corrected chi connectivity index (χ1v) is 6.93. The van der Waals surface area contributed by atoms with Gasteiger partial charge in [0.25, 0.3) is 0 Å². The van der Waals surface area contributed by atoms with Crippen LogP contribution in [0.3, 0.4) is 0 Å². The molecule has 0 saturated heterocycles. The fourth-order valence-electron chi connectivity index (χ4n) is 1.68. The molecule has 2 atom stereocenters. The first-order chi connectivity index (χ1) is 8.08. The zero-order valence-corrected chi connectivity index (χ0v) is 11.4. The van der Waals surface area contributed by atoms with Gasteiger partial charge in [0.1, 0.15) is 0 Å². The van der Waals surface area contributed by atoms with Crippen molar-refractivity contribution in [1.82, 2.24) is 5.32 Å². The number of halogens is 1. The van der Waals surface area contributed by atoms with Crippen LogP contribution in [0.25, 0.3) is 0 Å². The highest BCUT2D eigenvalue weighted by atomic mass is 79.9. The standard InChI is InChI=1S/C11H12BrNO3S/c12-9-2-1-6(17-9)3-4-13-10(14)7-5-8(7)11(15)16/h1-2,7-8H,3-5H2,(H,13,14)(H,15,16)/t7-,8+/m1/s1. The maximum atomic E-state index is 11.5. The van der Waals surface area contributed by atoms with Gasteiger partial charge in [0.2, 0.25) is 5.91 Å². The van der Waals surface area contributed by atoms with Crippen LogP contribution in [0.5, 0.6) is 0 Å². The average molecular weight is 318 g/mol. The van der Waals surface area contributed by atoms with E-state index in [4.69, 9.17) is 5.11 Å². The van der Waals surface area contributed by atoms with E-state index in [0.717, 1.165) is 10.2 Å². The summed E-state index contributed by atoms with van der Waals surface area (Å²) in [6.07, 6.45) is 1.26. The van der Waals surface area contributed by atoms with E-state index < -0.39 is 11.9 Å². The highest BCUT2D eigenvalue weighted by molar-refractivity contribution is 9.11. The molecule has 0 spiro atoms. The summed E-state index contributed by atoms with van der Waals surface area (Å²) >= 11 is 5.02. The van der Waals surface area contributed by atoms with Crippen LogP contribution in [-0.2, 0) is 16.0 Å². The third kappa shape index (κ3) is 3.29. The van der Waals surface area contributed by atoms with E-state index in [0.29, 0.717) is 13.0 Å². The first-order valence-electron chi connectivity index (χ1n) is 5.32. The number of carbonyl (C=O) groups is 2. The zero-order valence-electron chi connectivity index (χ0n) is 8.98. The van der Waals surface area contributed by atoms with Gasteiger partial charge >= 0.3 is 5.97 Å². The molecule has 6 heteroatoms. The van der Waals surface area contributed by atoms with Gasteiger partial charge in [-0.1, -0.05) is 0 Å². The number of carbonyl (C=O) groups excluding carboxylic acids is 1. The van der Waals surface area contributed by atoms with Gasteiger partial charge in [-0.15, -0.1) is 11.3 Å². The molecule has 1 saturated carbocycles. The Kier molecular flexibility index (Phi) is 3.83. The lowest BCUT2D eigenvalue weighted by molar-refractivity contribution is -0.140. The van der Waals surface area contributed by atoms with Crippen molar-refractivity contribution in [3.05, 3.63) is 20.8 Å². The largest absolute Gasteiger partial charge is 0.481 e. The number of carboxylic acid groups (broad SMARTS) is 1. The normalized spacial score (nSPS) is 22.2. The van der Waals surface area contributed by atoms with Gasteiger partial charge in [0, 0.05) is 11.4 Å². The second-order valence-electron chi connectivity index (χ2n) is 4.03. The van der Waals surface area contributed by atoms with Crippen LogP contribution >= 0.6 is 27.3 Å². The highest BCUT2D eigenvalue weighted by Gasteiger charge is 2.48. The van der Waals surface area contributed by atoms with Crippen molar-refractivity contribution in [1.29, 1.82) is 0 Å². The summed E-state index contributed by atoms with van der Waals surface area (Å²) in [4.78, 5) is 23.3. The number of amides is 1. The predicted octanol–water partition coefficient (Wildman–Crippen LogP) is 1.89. The average Bonchev–Trinajstić information content (AvgIpc) is 2.97. The molecule has 0 bridgehead atoms. The van der Waals surface area contributed by atoms with Crippen molar-refractivity contribution < 1.29 is 14.7 Å². The monoisotopic (exact) mass is 317 g/mol. The number of carboxylic acids is 1. The molecule has 92 valence electrons. The van der Waals surface area contributed by atoms with E-state index in [-0.39, 0.29) is 11.8 Å². The molecular weight excluding hydrogens is 306 g/mol.